The second-order valence-electron chi connectivity index (χ2n) is 6.09. The van der Waals surface area contributed by atoms with Crippen LogP contribution in [0.25, 0.3) is 0 Å². The number of aryl methyl sites for hydroxylation is 1. The van der Waals surface area contributed by atoms with Gasteiger partial charge in [0.05, 0.1) is 12.2 Å². The van der Waals surface area contributed by atoms with E-state index < -0.39 is 18.2 Å². The Morgan fingerprint density at radius 3 is 2.52 bits per heavy atom. The Hall–Kier alpha value is -2.61. The molecule has 0 unspecified atom stereocenters. The fraction of sp³-hybridized carbons (Fsp3) is 0.348. The lowest BCUT2D eigenvalue weighted by Gasteiger charge is -2.13. The molecule has 0 heterocycles. The average Bonchev–Trinajstić information content (AvgIpc) is 2.66. The third kappa shape index (κ3) is 12.4. The second-order valence-corrected chi connectivity index (χ2v) is 6.09. The monoisotopic (exact) mass is 368 g/mol. The molecule has 0 spiro atoms. The molecule has 0 aromatic heterocycles. The van der Waals surface area contributed by atoms with Crippen LogP contribution in [0.3, 0.4) is 0 Å². The molecule has 0 radical (unpaired) electrons. The van der Waals surface area contributed by atoms with Crippen LogP contribution in [0.1, 0.15) is 37.7 Å². The lowest BCUT2D eigenvalue weighted by molar-refractivity contribution is -0.137. The fourth-order valence-corrected chi connectivity index (χ4v) is 2.29. The van der Waals surface area contributed by atoms with Crippen LogP contribution in [0, 0.1) is 11.8 Å². The molecule has 1 aromatic rings. The number of allylic oxidation sites excluding steroid dienone is 5. The summed E-state index contributed by atoms with van der Waals surface area (Å²) in [5.74, 6) is 5.35. The standard InChI is InChI=1S/C23H28O4/c24-21(22(25)18-13-19-23(26)27)17-12-7-5-3-1-2-4-6-9-14-20-15-10-8-11-16-20/h1,3,5,7-8,10-12,15-17,21-22,24-25H,2,9,13-14,18-19H2,(H,26,27)/t21-,22+/m1/s1. The number of carboxylic acids is 1. The van der Waals surface area contributed by atoms with E-state index in [4.69, 9.17) is 5.11 Å². The zero-order valence-corrected chi connectivity index (χ0v) is 15.5. The summed E-state index contributed by atoms with van der Waals surface area (Å²) in [7, 11) is 0. The summed E-state index contributed by atoms with van der Waals surface area (Å²) in [4.78, 5) is 10.4. The lowest BCUT2D eigenvalue weighted by Crippen LogP contribution is -2.23. The Kier molecular flexibility index (Phi) is 12.1. The zero-order chi connectivity index (χ0) is 19.7. The minimum absolute atomic E-state index is 0.00661. The molecule has 0 bridgehead atoms. The number of hydrogen-bond donors (Lipinski definition) is 3. The minimum atomic E-state index is -0.997. The Morgan fingerprint density at radius 2 is 1.78 bits per heavy atom. The van der Waals surface area contributed by atoms with E-state index in [0.717, 1.165) is 12.8 Å². The highest BCUT2D eigenvalue weighted by atomic mass is 16.4. The first-order valence-corrected chi connectivity index (χ1v) is 9.17. The molecule has 0 amide bonds. The van der Waals surface area contributed by atoms with Crippen molar-refractivity contribution in [1.82, 2.24) is 0 Å². The maximum absolute atomic E-state index is 10.4. The quantitative estimate of drug-likeness (QED) is 0.411. The van der Waals surface area contributed by atoms with E-state index in [9.17, 15) is 15.0 Å². The topological polar surface area (TPSA) is 77.8 Å². The first-order valence-electron chi connectivity index (χ1n) is 9.17. The van der Waals surface area contributed by atoms with Crippen molar-refractivity contribution in [1.29, 1.82) is 0 Å². The van der Waals surface area contributed by atoms with Gasteiger partial charge < -0.3 is 15.3 Å². The van der Waals surface area contributed by atoms with Crippen LogP contribution in [-0.4, -0.2) is 33.5 Å². The zero-order valence-electron chi connectivity index (χ0n) is 15.5. The number of hydrogen-bond acceptors (Lipinski definition) is 3. The molecule has 144 valence electrons. The van der Waals surface area contributed by atoms with Crippen LogP contribution in [-0.2, 0) is 11.2 Å². The smallest absolute Gasteiger partial charge is 0.303 e. The van der Waals surface area contributed by atoms with Crippen molar-refractivity contribution >= 4 is 5.97 Å². The van der Waals surface area contributed by atoms with Crippen LogP contribution in [0.5, 0.6) is 0 Å². The van der Waals surface area contributed by atoms with E-state index in [0.29, 0.717) is 12.8 Å². The van der Waals surface area contributed by atoms with Gasteiger partial charge in [-0.1, -0.05) is 72.7 Å². The Morgan fingerprint density at radius 1 is 1.04 bits per heavy atom. The summed E-state index contributed by atoms with van der Waals surface area (Å²) in [6, 6.07) is 10.3. The summed E-state index contributed by atoms with van der Waals surface area (Å²) in [5.41, 5.74) is 1.30. The average molecular weight is 368 g/mol. The summed E-state index contributed by atoms with van der Waals surface area (Å²) in [6.07, 6.45) is 11.7. The van der Waals surface area contributed by atoms with Gasteiger partial charge in [-0.15, -0.1) is 5.92 Å². The number of aliphatic carboxylic acids is 1. The van der Waals surface area contributed by atoms with Gasteiger partial charge in [-0.05, 0) is 24.8 Å². The van der Waals surface area contributed by atoms with Crippen LogP contribution >= 0.6 is 0 Å². The van der Waals surface area contributed by atoms with Crippen LogP contribution < -0.4 is 0 Å². The van der Waals surface area contributed by atoms with Crippen molar-refractivity contribution in [2.75, 3.05) is 0 Å². The normalized spacial score (nSPS) is 13.7. The van der Waals surface area contributed by atoms with Gasteiger partial charge in [-0.25, -0.2) is 0 Å². The first-order chi connectivity index (χ1) is 13.1. The molecule has 0 saturated heterocycles. The summed E-state index contributed by atoms with van der Waals surface area (Å²) in [5, 5.41) is 28.0. The SMILES string of the molecule is O=C(O)CCC[C@H](O)[C@H](O)C=CC=CC=CCC#CCCc1ccccc1. The van der Waals surface area contributed by atoms with Crippen molar-refractivity contribution in [2.24, 2.45) is 0 Å². The second kappa shape index (κ2) is 14.5. The molecule has 4 heteroatoms. The van der Waals surface area contributed by atoms with E-state index in [1.807, 2.05) is 36.4 Å². The van der Waals surface area contributed by atoms with Gasteiger partial charge in [-0.2, -0.15) is 0 Å². The number of benzene rings is 1. The van der Waals surface area contributed by atoms with Gasteiger partial charge in [0.1, 0.15) is 0 Å². The molecule has 0 aliphatic carbocycles. The predicted molar refractivity (Wildman–Crippen MR) is 108 cm³/mol. The number of carbonyl (C=O) groups is 1. The van der Waals surface area contributed by atoms with E-state index in [-0.39, 0.29) is 12.8 Å². The van der Waals surface area contributed by atoms with Gasteiger partial charge in [-0.3, -0.25) is 4.79 Å². The van der Waals surface area contributed by atoms with Crippen LogP contribution in [0.2, 0.25) is 0 Å². The third-order valence-corrected chi connectivity index (χ3v) is 3.79. The van der Waals surface area contributed by atoms with Crippen molar-refractivity contribution in [3.05, 3.63) is 72.4 Å². The maximum Gasteiger partial charge on any atom is 0.303 e. The first kappa shape index (κ1) is 22.4. The van der Waals surface area contributed by atoms with Crippen molar-refractivity contribution in [2.45, 2.75) is 50.7 Å². The number of aliphatic hydroxyl groups excluding tert-OH is 2. The fourth-order valence-electron chi connectivity index (χ4n) is 2.29. The lowest BCUT2D eigenvalue weighted by atomic mass is 10.1. The van der Waals surface area contributed by atoms with Crippen LogP contribution in [0.4, 0.5) is 0 Å². The Labute approximate surface area is 161 Å². The van der Waals surface area contributed by atoms with E-state index in [1.54, 1.807) is 12.2 Å². The molecule has 1 rings (SSSR count). The van der Waals surface area contributed by atoms with Crippen molar-refractivity contribution < 1.29 is 20.1 Å². The largest absolute Gasteiger partial charge is 0.481 e. The summed E-state index contributed by atoms with van der Waals surface area (Å²) >= 11 is 0. The molecule has 3 N–H and O–H groups in total. The maximum atomic E-state index is 10.4. The van der Waals surface area contributed by atoms with Gasteiger partial charge in [0.25, 0.3) is 0 Å². The van der Waals surface area contributed by atoms with Crippen molar-refractivity contribution in [3.8, 4) is 11.8 Å². The molecule has 0 fully saturated rings. The van der Waals surface area contributed by atoms with E-state index in [1.165, 1.54) is 11.6 Å². The van der Waals surface area contributed by atoms with Crippen molar-refractivity contribution in [3.63, 3.8) is 0 Å². The Bertz CT molecular complexity index is 677. The molecule has 1 aromatic carbocycles. The van der Waals surface area contributed by atoms with Gasteiger partial charge in [0, 0.05) is 19.3 Å². The van der Waals surface area contributed by atoms with E-state index in [2.05, 4.69) is 24.0 Å². The predicted octanol–water partition coefficient (Wildman–Crippen LogP) is 3.66. The third-order valence-electron chi connectivity index (χ3n) is 3.79. The highest BCUT2D eigenvalue weighted by Crippen LogP contribution is 2.06. The highest BCUT2D eigenvalue weighted by molar-refractivity contribution is 5.66. The number of rotatable bonds is 11. The molecule has 0 aliphatic rings. The number of aliphatic hydroxyl groups is 2. The molecule has 4 nitrogen and oxygen atoms in total. The molecular weight excluding hydrogens is 340 g/mol. The minimum Gasteiger partial charge on any atom is -0.481 e. The Balaban J connectivity index is 2.15. The summed E-state index contributed by atoms with van der Waals surface area (Å²) in [6.45, 7) is 0. The molecule has 0 aliphatic heterocycles. The van der Waals surface area contributed by atoms with Gasteiger partial charge >= 0.3 is 5.97 Å². The van der Waals surface area contributed by atoms with Gasteiger partial charge in [0.2, 0.25) is 0 Å². The van der Waals surface area contributed by atoms with Gasteiger partial charge in [0.15, 0.2) is 0 Å². The molecule has 0 saturated carbocycles. The number of carboxylic acid groups (broad SMARTS) is 1. The molecule has 2 atom stereocenters. The highest BCUT2D eigenvalue weighted by Gasteiger charge is 2.12. The molecule has 27 heavy (non-hydrogen) atoms. The van der Waals surface area contributed by atoms with Crippen LogP contribution in [0.15, 0.2) is 66.8 Å². The van der Waals surface area contributed by atoms with E-state index >= 15 is 0 Å². The molecular formula is C23H28O4. The summed E-state index contributed by atoms with van der Waals surface area (Å²) < 4.78 is 0.